The predicted octanol–water partition coefficient (Wildman–Crippen LogP) is 1.32. The molecule has 0 unspecified atom stereocenters. The van der Waals surface area contributed by atoms with Crippen LogP contribution in [-0.2, 0) is 0 Å². The Morgan fingerprint density at radius 3 is 2.72 bits per heavy atom. The Morgan fingerprint density at radius 2 is 2.06 bits per heavy atom. The molecular formula is C12H12N4O2. The average Bonchev–Trinajstić information content (AvgIpc) is 2.39. The summed E-state index contributed by atoms with van der Waals surface area (Å²) in [4.78, 5) is 19.7. The van der Waals surface area contributed by atoms with Crippen molar-refractivity contribution in [3.8, 4) is 5.75 Å². The lowest BCUT2D eigenvalue weighted by Gasteiger charge is -2.10. The van der Waals surface area contributed by atoms with Crippen LogP contribution in [0.4, 0.5) is 11.4 Å². The van der Waals surface area contributed by atoms with Crippen LogP contribution in [0.2, 0.25) is 0 Å². The molecule has 0 bridgehead atoms. The zero-order chi connectivity index (χ0) is 13.0. The summed E-state index contributed by atoms with van der Waals surface area (Å²) in [7, 11) is 1.48. The lowest BCUT2D eigenvalue weighted by atomic mass is 10.1. The van der Waals surface area contributed by atoms with E-state index < -0.39 is 0 Å². The van der Waals surface area contributed by atoms with Crippen molar-refractivity contribution in [3.05, 3.63) is 42.5 Å². The highest BCUT2D eigenvalue weighted by molar-refractivity contribution is 6.09. The van der Waals surface area contributed by atoms with Crippen LogP contribution in [-0.4, -0.2) is 23.0 Å². The fraction of sp³-hybridized carbons (Fsp3) is 0.0833. The zero-order valence-corrected chi connectivity index (χ0v) is 9.75. The number of aromatic nitrogens is 2. The summed E-state index contributed by atoms with van der Waals surface area (Å²) in [6, 6.07) is 5.03. The molecule has 0 aliphatic heterocycles. The van der Waals surface area contributed by atoms with Crippen molar-refractivity contribution in [1.82, 2.24) is 9.97 Å². The third-order valence-electron chi connectivity index (χ3n) is 2.32. The first-order valence-corrected chi connectivity index (χ1v) is 5.21. The number of benzene rings is 1. The molecule has 18 heavy (non-hydrogen) atoms. The molecule has 6 nitrogen and oxygen atoms in total. The van der Waals surface area contributed by atoms with Crippen LogP contribution in [0.1, 0.15) is 10.4 Å². The second kappa shape index (κ2) is 5.13. The smallest absolute Gasteiger partial charge is 0.261 e. The van der Waals surface area contributed by atoms with Crippen LogP contribution < -0.4 is 15.8 Å². The normalized spacial score (nSPS) is 9.83. The van der Waals surface area contributed by atoms with Crippen molar-refractivity contribution in [2.24, 2.45) is 0 Å². The van der Waals surface area contributed by atoms with Gasteiger partial charge in [0.25, 0.3) is 5.91 Å². The summed E-state index contributed by atoms with van der Waals surface area (Å²) in [5.41, 5.74) is 6.92. The summed E-state index contributed by atoms with van der Waals surface area (Å²) in [6.45, 7) is 0. The summed E-state index contributed by atoms with van der Waals surface area (Å²) in [5, 5.41) is 2.65. The number of hydrogen-bond acceptors (Lipinski definition) is 5. The van der Waals surface area contributed by atoms with Gasteiger partial charge in [-0.3, -0.25) is 4.79 Å². The van der Waals surface area contributed by atoms with Crippen LogP contribution in [0.25, 0.3) is 0 Å². The van der Waals surface area contributed by atoms with Gasteiger partial charge in [0.05, 0.1) is 25.2 Å². The van der Waals surface area contributed by atoms with Crippen LogP contribution >= 0.6 is 0 Å². The largest absolute Gasteiger partial charge is 0.496 e. The van der Waals surface area contributed by atoms with Crippen LogP contribution in [0.15, 0.2) is 36.9 Å². The number of carbonyl (C=O) groups is 1. The van der Waals surface area contributed by atoms with Gasteiger partial charge in [-0.2, -0.15) is 0 Å². The molecule has 0 atom stereocenters. The van der Waals surface area contributed by atoms with E-state index in [2.05, 4.69) is 15.3 Å². The maximum absolute atomic E-state index is 12.1. The van der Waals surface area contributed by atoms with E-state index in [1.165, 1.54) is 25.8 Å². The first kappa shape index (κ1) is 11.8. The summed E-state index contributed by atoms with van der Waals surface area (Å²) in [5.74, 6) is 0.0594. The van der Waals surface area contributed by atoms with E-state index in [0.29, 0.717) is 22.7 Å². The van der Waals surface area contributed by atoms with Gasteiger partial charge in [-0.05, 0) is 12.1 Å². The van der Waals surface area contributed by atoms with Gasteiger partial charge in [0, 0.05) is 5.69 Å². The molecule has 1 heterocycles. The number of anilines is 2. The van der Waals surface area contributed by atoms with Gasteiger partial charge in [0.2, 0.25) is 0 Å². The number of nitrogens with one attached hydrogen (secondary N) is 1. The molecule has 1 amide bonds. The Balaban J connectivity index is 2.29. The second-order valence-electron chi connectivity index (χ2n) is 3.51. The summed E-state index contributed by atoms with van der Waals surface area (Å²) >= 11 is 0. The van der Waals surface area contributed by atoms with Gasteiger partial charge in [-0.15, -0.1) is 0 Å². The van der Waals surface area contributed by atoms with Gasteiger partial charge < -0.3 is 15.8 Å². The van der Waals surface area contributed by atoms with Gasteiger partial charge >= 0.3 is 0 Å². The van der Waals surface area contributed by atoms with Crippen molar-refractivity contribution < 1.29 is 9.53 Å². The fourth-order valence-electron chi connectivity index (χ4n) is 1.52. The molecule has 0 fully saturated rings. The van der Waals surface area contributed by atoms with E-state index in [4.69, 9.17) is 10.5 Å². The molecule has 6 heteroatoms. The van der Waals surface area contributed by atoms with Crippen molar-refractivity contribution in [2.75, 3.05) is 18.2 Å². The summed E-state index contributed by atoms with van der Waals surface area (Å²) in [6.07, 6.45) is 4.38. The van der Waals surface area contributed by atoms with E-state index in [0.717, 1.165) is 0 Å². The Kier molecular flexibility index (Phi) is 3.38. The van der Waals surface area contributed by atoms with Gasteiger partial charge in [0.1, 0.15) is 17.6 Å². The second-order valence-corrected chi connectivity index (χ2v) is 3.51. The van der Waals surface area contributed by atoms with E-state index in [-0.39, 0.29) is 5.91 Å². The Labute approximate surface area is 104 Å². The number of nitrogens with zero attached hydrogens (tertiary/aromatic N) is 2. The van der Waals surface area contributed by atoms with Crippen molar-refractivity contribution >= 4 is 17.3 Å². The number of rotatable bonds is 3. The minimum Gasteiger partial charge on any atom is -0.496 e. The predicted molar refractivity (Wildman–Crippen MR) is 67.4 cm³/mol. The maximum atomic E-state index is 12.1. The number of methoxy groups -OCH3 is 1. The number of carbonyl (C=O) groups excluding carboxylic acids is 1. The third-order valence-corrected chi connectivity index (χ3v) is 2.32. The number of ether oxygens (including phenoxy) is 1. The molecule has 1 aromatic carbocycles. The number of nitrogen functional groups attached to an aromatic ring is 1. The zero-order valence-electron chi connectivity index (χ0n) is 9.75. The minimum atomic E-state index is -0.361. The molecule has 2 aromatic rings. The van der Waals surface area contributed by atoms with Crippen LogP contribution in [0.5, 0.6) is 5.75 Å². The molecule has 0 aliphatic rings. The highest BCUT2D eigenvalue weighted by Crippen LogP contribution is 2.24. The van der Waals surface area contributed by atoms with Crippen LogP contribution in [0, 0.1) is 0 Å². The molecular weight excluding hydrogens is 232 g/mol. The number of nitrogens with two attached hydrogens (primary N) is 1. The lowest BCUT2D eigenvalue weighted by Crippen LogP contribution is -2.15. The molecule has 0 saturated heterocycles. The molecule has 0 spiro atoms. The molecule has 3 N–H and O–H groups in total. The standard InChI is InChI=1S/C12H12N4O2/c1-18-10-4-2-3-9(13)11(10)12(17)16-8-5-14-7-15-6-8/h2-7H,13H2,1H3,(H,16,17). The maximum Gasteiger partial charge on any atom is 0.261 e. The quantitative estimate of drug-likeness (QED) is 0.795. The summed E-state index contributed by atoms with van der Waals surface area (Å²) < 4.78 is 5.11. The highest BCUT2D eigenvalue weighted by atomic mass is 16.5. The molecule has 0 aliphatic carbocycles. The van der Waals surface area contributed by atoms with Gasteiger partial charge in [0.15, 0.2) is 0 Å². The molecule has 2 rings (SSSR count). The van der Waals surface area contributed by atoms with Crippen molar-refractivity contribution in [2.45, 2.75) is 0 Å². The van der Waals surface area contributed by atoms with Crippen LogP contribution in [0.3, 0.4) is 0 Å². The van der Waals surface area contributed by atoms with E-state index in [1.807, 2.05) is 0 Å². The molecule has 92 valence electrons. The van der Waals surface area contributed by atoms with E-state index >= 15 is 0 Å². The Bertz CT molecular complexity index is 557. The highest BCUT2D eigenvalue weighted by Gasteiger charge is 2.15. The SMILES string of the molecule is COc1cccc(N)c1C(=O)Nc1cncnc1. The topological polar surface area (TPSA) is 90.1 Å². The minimum absolute atomic E-state index is 0.295. The van der Waals surface area contributed by atoms with Crippen molar-refractivity contribution in [1.29, 1.82) is 0 Å². The van der Waals surface area contributed by atoms with Gasteiger partial charge in [-0.25, -0.2) is 9.97 Å². The third kappa shape index (κ3) is 2.37. The lowest BCUT2D eigenvalue weighted by molar-refractivity contribution is 0.102. The Hall–Kier alpha value is -2.63. The number of amides is 1. The molecule has 1 aromatic heterocycles. The monoisotopic (exact) mass is 244 g/mol. The number of hydrogen-bond donors (Lipinski definition) is 2. The first-order chi connectivity index (χ1) is 8.72. The average molecular weight is 244 g/mol. The molecule has 0 saturated carbocycles. The molecule has 0 radical (unpaired) electrons. The Morgan fingerprint density at radius 1 is 1.33 bits per heavy atom. The van der Waals surface area contributed by atoms with Gasteiger partial charge in [-0.1, -0.05) is 6.07 Å². The first-order valence-electron chi connectivity index (χ1n) is 5.21. The van der Waals surface area contributed by atoms with E-state index in [9.17, 15) is 4.79 Å². The van der Waals surface area contributed by atoms with E-state index in [1.54, 1.807) is 18.2 Å². The fourth-order valence-corrected chi connectivity index (χ4v) is 1.52. The van der Waals surface area contributed by atoms with Crippen molar-refractivity contribution in [3.63, 3.8) is 0 Å².